The highest BCUT2D eigenvalue weighted by Gasteiger charge is 2.12. The lowest BCUT2D eigenvalue weighted by molar-refractivity contribution is -0.116. The lowest BCUT2D eigenvalue weighted by Crippen LogP contribution is -2.31. The maximum Gasteiger partial charge on any atom is 0.236 e. The zero-order valence-electron chi connectivity index (χ0n) is 8.40. The number of primary amides is 1. The van der Waals surface area contributed by atoms with E-state index in [0.717, 1.165) is 0 Å². The number of carbonyl (C=O) groups is 1. The van der Waals surface area contributed by atoms with Gasteiger partial charge in [-0.2, -0.15) is 0 Å². The first kappa shape index (κ1) is 11.8. The number of anilines is 1. The summed E-state index contributed by atoms with van der Waals surface area (Å²) in [4.78, 5) is 12.4. The third-order valence-corrected chi connectivity index (χ3v) is 2.32. The van der Waals surface area contributed by atoms with Crippen molar-refractivity contribution in [2.24, 2.45) is 5.73 Å². The van der Waals surface area contributed by atoms with Gasteiger partial charge in [-0.3, -0.25) is 4.79 Å². The normalized spacial score (nSPS) is 10.1. The van der Waals surface area contributed by atoms with E-state index in [4.69, 9.17) is 22.4 Å². The molecule has 15 heavy (non-hydrogen) atoms. The van der Waals surface area contributed by atoms with Gasteiger partial charge in [0, 0.05) is 12.6 Å². The number of hydrogen-bond acceptors (Lipinski definition) is 3. The maximum atomic E-state index is 10.8. The van der Waals surface area contributed by atoms with Crippen LogP contribution >= 0.6 is 11.6 Å². The average Bonchev–Trinajstić information content (AvgIpc) is 2.15. The number of para-hydroxylation sites is 1. The quantitative estimate of drug-likeness (QED) is 0.800. The number of nitrogens with two attached hydrogens (primary N) is 1. The fraction of sp³-hybridized carbons (Fsp3) is 0.300. The number of nitrogens with zero attached hydrogens (tertiary/aromatic N) is 1. The van der Waals surface area contributed by atoms with Gasteiger partial charge in [-0.05, 0) is 6.07 Å². The number of benzene rings is 1. The van der Waals surface area contributed by atoms with Crippen molar-refractivity contribution in [2.75, 3.05) is 18.5 Å². The van der Waals surface area contributed by atoms with Gasteiger partial charge in [0.2, 0.25) is 5.91 Å². The van der Waals surface area contributed by atoms with E-state index in [-0.39, 0.29) is 13.2 Å². The molecule has 0 heterocycles. The van der Waals surface area contributed by atoms with Crippen LogP contribution in [0.25, 0.3) is 0 Å². The van der Waals surface area contributed by atoms with Gasteiger partial charge in [-0.25, -0.2) is 0 Å². The minimum Gasteiger partial charge on any atom is -0.392 e. The molecule has 0 spiro atoms. The van der Waals surface area contributed by atoms with Crippen LogP contribution in [0.4, 0.5) is 5.69 Å². The van der Waals surface area contributed by atoms with Gasteiger partial charge >= 0.3 is 0 Å². The second kappa shape index (κ2) is 5.00. The van der Waals surface area contributed by atoms with Crippen LogP contribution in [0, 0.1) is 0 Å². The minimum absolute atomic E-state index is 0.0662. The number of rotatable bonds is 4. The van der Waals surface area contributed by atoms with E-state index in [1.165, 1.54) is 0 Å². The van der Waals surface area contributed by atoms with Gasteiger partial charge in [-0.15, -0.1) is 0 Å². The summed E-state index contributed by atoms with van der Waals surface area (Å²) in [7, 11) is 1.70. The standard InChI is InChI=1S/C10H13ClN2O2/c1-13(5-9(12)15)10-7(6-14)3-2-4-8(10)11/h2-4,14H,5-6H2,1H3,(H2,12,15). The third-order valence-electron chi connectivity index (χ3n) is 2.02. The largest absolute Gasteiger partial charge is 0.392 e. The van der Waals surface area contributed by atoms with Crippen LogP contribution in [0.2, 0.25) is 5.02 Å². The number of likely N-dealkylation sites (N-methyl/N-ethyl adjacent to an activating group) is 1. The molecule has 0 saturated heterocycles. The number of amides is 1. The zero-order valence-corrected chi connectivity index (χ0v) is 9.16. The summed E-state index contributed by atoms with van der Waals surface area (Å²) in [5.41, 5.74) is 6.40. The molecule has 0 aliphatic rings. The van der Waals surface area contributed by atoms with Crippen LogP contribution in [-0.4, -0.2) is 24.6 Å². The Labute approximate surface area is 93.2 Å². The first-order chi connectivity index (χ1) is 7.06. The van der Waals surface area contributed by atoms with Gasteiger partial charge in [-0.1, -0.05) is 23.7 Å². The number of aliphatic hydroxyl groups is 1. The highest BCUT2D eigenvalue weighted by atomic mass is 35.5. The lowest BCUT2D eigenvalue weighted by Gasteiger charge is -2.21. The Bertz CT molecular complexity index is 368. The van der Waals surface area contributed by atoms with Crippen LogP contribution in [0.3, 0.4) is 0 Å². The molecule has 0 bridgehead atoms. The molecule has 82 valence electrons. The molecule has 0 aromatic heterocycles. The van der Waals surface area contributed by atoms with Crippen molar-refractivity contribution in [1.29, 1.82) is 0 Å². The molecule has 3 N–H and O–H groups in total. The zero-order chi connectivity index (χ0) is 11.4. The second-order valence-corrected chi connectivity index (χ2v) is 3.64. The molecule has 0 radical (unpaired) electrons. The van der Waals surface area contributed by atoms with Crippen molar-refractivity contribution in [1.82, 2.24) is 0 Å². The summed E-state index contributed by atoms with van der Waals surface area (Å²) >= 11 is 5.98. The van der Waals surface area contributed by atoms with E-state index in [1.807, 2.05) is 0 Å². The van der Waals surface area contributed by atoms with Gasteiger partial charge in [0.15, 0.2) is 0 Å². The minimum atomic E-state index is -0.443. The van der Waals surface area contributed by atoms with E-state index < -0.39 is 5.91 Å². The molecule has 0 atom stereocenters. The smallest absolute Gasteiger partial charge is 0.236 e. The SMILES string of the molecule is CN(CC(N)=O)c1c(Cl)cccc1CO. The highest BCUT2D eigenvalue weighted by molar-refractivity contribution is 6.33. The van der Waals surface area contributed by atoms with Crippen molar-refractivity contribution in [3.63, 3.8) is 0 Å². The van der Waals surface area contributed by atoms with Crippen molar-refractivity contribution in [3.8, 4) is 0 Å². The van der Waals surface area contributed by atoms with Crippen molar-refractivity contribution in [2.45, 2.75) is 6.61 Å². The van der Waals surface area contributed by atoms with E-state index in [9.17, 15) is 4.79 Å². The van der Waals surface area contributed by atoms with E-state index >= 15 is 0 Å². The van der Waals surface area contributed by atoms with Crippen LogP contribution in [0.1, 0.15) is 5.56 Å². The number of aliphatic hydroxyl groups excluding tert-OH is 1. The van der Waals surface area contributed by atoms with Crippen LogP contribution in [0.5, 0.6) is 0 Å². The molecule has 1 aromatic carbocycles. The third kappa shape index (κ3) is 2.84. The molecule has 5 heteroatoms. The summed E-state index contributed by atoms with van der Waals surface area (Å²) in [5.74, 6) is -0.443. The molecule has 0 fully saturated rings. The fourth-order valence-corrected chi connectivity index (χ4v) is 1.77. The van der Waals surface area contributed by atoms with E-state index in [0.29, 0.717) is 16.3 Å². The second-order valence-electron chi connectivity index (χ2n) is 3.23. The predicted molar refractivity (Wildman–Crippen MR) is 59.8 cm³/mol. The van der Waals surface area contributed by atoms with E-state index in [2.05, 4.69) is 0 Å². The summed E-state index contributed by atoms with van der Waals surface area (Å²) in [6.45, 7) is -0.0598. The first-order valence-electron chi connectivity index (χ1n) is 4.44. The van der Waals surface area contributed by atoms with Gasteiger partial charge in [0.1, 0.15) is 0 Å². The van der Waals surface area contributed by atoms with Crippen molar-refractivity contribution < 1.29 is 9.90 Å². The molecule has 0 unspecified atom stereocenters. The Hall–Kier alpha value is -1.26. The monoisotopic (exact) mass is 228 g/mol. The Kier molecular flexibility index (Phi) is 3.94. The topological polar surface area (TPSA) is 66.6 Å². The molecular formula is C10H13ClN2O2. The molecule has 0 aliphatic heterocycles. The molecule has 4 nitrogen and oxygen atoms in total. The van der Waals surface area contributed by atoms with Gasteiger partial charge in [0.05, 0.1) is 23.9 Å². The Balaban J connectivity index is 3.05. The Morgan fingerprint density at radius 2 is 2.27 bits per heavy atom. The summed E-state index contributed by atoms with van der Waals surface area (Å²) in [5, 5.41) is 9.62. The van der Waals surface area contributed by atoms with E-state index in [1.54, 1.807) is 30.1 Å². The van der Waals surface area contributed by atoms with Crippen molar-refractivity contribution >= 4 is 23.2 Å². The fourth-order valence-electron chi connectivity index (χ4n) is 1.43. The molecule has 1 rings (SSSR count). The average molecular weight is 229 g/mol. The predicted octanol–water partition coefficient (Wildman–Crippen LogP) is 0.754. The molecular weight excluding hydrogens is 216 g/mol. The first-order valence-corrected chi connectivity index (χ1v) is 4.81. The Morgan fingerprint density at radius 3 is 2.80 bits per heavy atom. The Morgan fingerprint density at radius 1 is 1.60 bits per heavy atom. The summed E-state index contributed by atoms with van der Waals surface area (Å²) in [6.07, 6.45) is 0. The number of carbonyl (C=O) groups excluding carboxylic acids is 1. The molecule has 0 saturated carbocycles. The molecule has 1 aromatic rings. The summed E-state index contributed by atoms with van der Waals surface area (Å²) < 4.78 is 0. The molecule has 0 aliphatic carbocycles. The molecule has 1 amide bonds. The highest BCUT2D eigenvalue weighted by Crippen LogP contribution is 2.28. The maximum absolute atomic E-state index is 10.8. The van der Waals surface area contributed by atoms with Crippen LogP contribution in [-0.2, 0) is 11.4 Å². The number of halogens is 1. The lowest BCUT2D eigenvalue weighted by atomic mass is 10.1. The van der Waals surface area contributed by atoms with Crippen LogP contribution < -0.4 is 10.6 Å². The van der Waals surface area contributed by atoms with Crippen LogP contribution in [0.15, 0.2) is 18.2 Å². The van der Waals surface area contributed by atoms with Crippen molar-refractivity contribution in [3.05, 3.63) is 28.8 Å². The number of hydrogen-bond donors (Lipinski definition) is 2. The van der Waals surface area contributed by atoms with Gasteiger partial charge < -0.3 is 15.7 Å². The van der Waals surface area contributed by atoms with Gasteiger partial charge in [0.25, 0.3) is 0 Å². The summed E-state index contributed by atoms with van der Waals surface area (Å²) in [6, 6.07) is 5.20.